The van der Waals surface area contributed by atoms with Crippen LogP contribution in [0.15, 0.2) is 24.3 Å². The van der Waals surface area contributed by atoms with Gasteiger partial charge in [0.05, 0.1) is 12.5 Å². The van der Waals surface area contributed by atoms with Crippen LogP contribution in [0.2, 0.25) is 0 Å². The van der Waals surface area contributed by atoms with Crippen molar-refractivity contribution in [3.63, 3.8) is 0 Å². The summed E-state index contributed by atoms with van der Waals surface area (Å²) in [4.78, 5) is 27.0. The van der Waals surface area contributed by atoms with Gasteiger partial charge in [0.15, 0.2) is 0 Å². The van der Waals surface area contributed by atoms with E-state index in [1.807, 2.05) is 29.2 Å². The number of carbonyl (C=O) groups is 2. The molecule has 3 rings (SSSR count). The van der Waals surface area contributed by atoms with Gasteiger partial charge in [-0.1, -0.05) is 18.2 Å². The largest absolute Gasteiger partial charge is 0.493 e. The Hall–Kier alpha value is -2.04. The highest BCUT2D eigenvalue weighted by Gasteiger charge is 2.32. The molecule has 1 fully saturated rings. The van der Waals surface area contributed by atoms with Crippen molar-refractivity contribution >= 4 is 12.3 Å². The van der Waals surface area contributed by atoms with E-state index < -0.39 is 0 Å². The molecule has 0 bridgehead atoms. The molecule has 2 aliphatic heterocycles. The normalized spacial score (nSPS) is 21.9. The first kappa shape index (κ1) is 13.0. The lowest BCUT2D eigenvalue weighted by Crippen LogP contribution is -2.49. The first-order valence-corrected chi connectivity index (χ1v) is 6.99. The van der Waals surface area contributed by atoms with E-state index in [9.17, 15) is 9.59 Å². The van der Waals surface area contributed by atoms with Gasteiger partial charge < -0.3 is 14.5 Å². The first-order chi connectivity index (χ1) is 9.79. The van der Waals surface area contributed by atoms with Crippen LogP contribution in [0.4, 0.5) is 0 Å². The van der Waals surface area contributed by atoms with Gasteiger partial charge in [0.2, 0.25) is 12.3 Å². The summed E-state index contributed by atoms with van der Waals surface area (Å²) in [5.74, 6) is 0.873. The van der Waals surface area contributed by atoms with E-state index in [4.69, 9.17) is 4.74 Å². The number of fused-ring (bicyclic) bond motifs is 1. The van der Waals surface area contributed by atoms with E-state index >= 15 is 0 Å². The van der Waals surface area contributed by atoms with E-state index in [0.29, 0.717) is 32.8 Å². The number of hydrogen-bond acceptors (Lipinski definition) is 3. The number of ether oxygens (including phenoxy) is 1. The van der Waals surface area contributed by atoms with Crippen LogP contribution in [0, 0.1) is 0 Å². The lowest BCUT2D eigenvalue weighted by molar-refractivity contribution is -0.137. The number of rotatable bonds is 2. The highest BCUT2D eigenvalue weighted by atomic mass is 16.5. The average Bonchev–Trinajstić information content (AvgIpc) is 2.54. The molecule has 0 radical (unpaired) electrons. The molecule has 0 aliphatic carbocycles. The summed E-state index contributed by atoms with van der Waals surface area (Å²) in [6.07, 6.45) is 1.58. The SMILES string of the molecule is O=CN1CCN(C(=O)C2CCOc3ccccc32)CC1. The molecule has 2 aliphatic rings. The standard InChI is InChI=1S/C15H18N2O3/c18-11-16-6-8-17(9-7-16)15(19)13-5-10-20-14-4-2-1-3-12(13)14/h1-4,11,13H,5-10H2. The van der Waals surface area contributed by atoms with Gasteiger partial charge in [-0.05, 0) is 12.5 Å². The predicted molar refractivity (Wildman–Crippen MR) is 73.5 cm³/mol. The van der Waals surface area contributed by atoms with E-state index in [1.165, 1.54) is 0 Å². The molecule has 0 spiro atoms. The van der Waals surface area contributed by atoms with Gasteiger partial charge in [0.1, 0.15) is 5.75 Å². The quantitative estimate of drug-likeness (QED) is 0.751. The number of benzene rings is 1. The van der Waals surface area contributed by atoms with Crippen molar-refractivity contribution in [1.82, 2.24) is 9.80 Å². The molecule has 1 unspecified atom stereocenters. The molecule has 1 aromatic rings. The summed E-state index contributed by atoms with van der Waals surface area (Å²) in [6, 6.07) is 7.75. The second-order valence-corrected chi connectivity index (χ2v) is 5.19. The summed E-state index contributed by atoms with van der Waals surface area (Å²) >= 11 is 0. The third kappa shape index (κ3) is 2.35. The summed E-state index contributed by atoms with van der Waals surface area (Å²) in [5, 5.41) is 0. The molecule has 0 aromatic heterocycles. The number of amides is 2. The summed E-state index contributed by atoms with van der Waals surface area (Å²) in [6.45, 7) is 3.08. The lowest BCUT2D eigenvalue weighted by Gasteiger charge is -2.36. The highest BCUT2D eigenvalue weighted by Crippen LogP contribution is 2.34. The van der Waals surface area contributed by atoms with Crippen LogP contribution in [-0.4, -0.2) is 54.9 Å². The zero-order valence-corrected chi connectivity index (χ0v) is 11.3. The van der Waals surface area contributed by atoms with Crippen molar-refractivity contribution in [1.29, 1.82) is 0 Å². The fourth-order valence-electron chi connectivity index (χ4n) is 2.87. The van der Waals surface area contributed by atoms with Crippen LogP contribution < -0.4 is 4.74 Å². The molecular weight excluding hydrogens is 256 g/mol. The van der Waals surface area contributed by atoms with E-state index in [2.05, 4.69) is 0 Å². The van der Waals surface area contributed by atoms with Gasteiger partial charge >= 0.3 is 0 Å². The van der Waals surface area contributed by atoms with Crippen LogP contribution in [0.1, 0.15) is 17.9 Å². The maximum Gasteiger partial charge on any atom is 0.230 e. The Labute approximate surface area is 118 Å². The monoisotopic (exact) mass is 274 g/mol. The maximum absolute atomic E-state index is 12.7. The lowest BCUT2D eigenvalue weighted by atomic mass is 9.91. The number of nitrogens with zero attached hydrogens (tertiary/aromatic N) is 2. The van der Waals surface area contributed by atoms with Gasteiger partial charge in [0.25, 0.3) is 0 Å². The Morgan fingerprint density at radius 2 is 1.95 bits per heavy atom. The minimum Gasteiger partial charge on any atom is -0.493 e. The second-order valence-electron chi connectivity index (χ2n) is 5.19. The summed E-state index contributed by atoms with van der Waals surface area (Å²) in [5.41, 5.74) is 0.988. The van der Waals surface area contributed by atoms with E-state index in [1.54, 1.807) is 4.90 Å². The number of hydrogen-bond donors (Lipinski definition) is 0. The van der Waals surface area contributed by atoms with Crippen LogP contribution >= 0.6 is 0 Å². The fourth-order valence-corrected chi connectivity index (χ4v) is 2.87. The molecule has 0 N–H and O–H groups in total. The minimum absolute atomic E-state index is 0.109. The van der Waals surface area contributed by atoms with Crippen LogP contribution in [0.3, 0.4) is 0 Å². The molecule has 106 valence electrons. The maximum atomic E-state index is 12.7. The number of piperazine rings is 1. The molecule has 1 aromatic carbocycles. The topological polar surface area (TPSA) is 49.9 Å². The van der Waals surface area contributed by atoms with Gasteiger partial charge in [-0.15, -0.1) is 0 Å². The van der Waals surface area contributed by atoms with E-state index in [-0.39, 0.29) is 11.8 Å². The Morgan fingerprint density at radius 1 is 1.20 bits per heavy atom. The third-order valence-electron chi connectivity index (χ3n) is 4.03. The van der Waals surface area contributed by atoms with Crippen molar-refractivity contribution in [3.05, 3.63) is 29.8 Å². The Balaban J connectivity index is 1.74. The van der Waals surface area contributed by atoms with Gasteiger partial charge in [0, 0.05) is 31.7 Å². The zero-order valence-electron chi connectivity index (χ0n) is 11.3. The molecule has 1 atom stereocenters. The summed E-state index contributed by atoms with van der Waals surface area (Å²) in [7, 11) is 0. The molecule has 0 saturated carbocycles. The molecular formula is C15H18N2O3. The third-order valence-corrected chi connectivity index (χ3v) is 4.03. The van der Waals surface area contributed by atoms with Crippen molar-refractivity contribution in [2.45, 2.75) is 12.3 Å². The van der Waals surface area contributed by atoms with Gasteiger partial charge in [-0.25, -0.2) is 0 Å². The minimum atomic E-state index is -0.109. The van der Waals surface area contributed by atoms with Crippen molar-refractivity contribution in [2.24, 2.45) is 0 Å². The van der Waals surface area contributed by atoms with E-state index in [0.717, 1.165) is 24.1 Å². The fraction of sp³-hybridized carbons (Fsp3) is 0.467. The molecule has 5 heteroatoms. The summed E-state index contributed by atoms with van der Waals surface area (Å²) < 4.78 is 5.60. The number of carbonyl (C=O) groups excluding carboxylic acids is 2. The van der Waals surface area contributed by atoms with Crippen LogP contribution in [0.5, 0.6) is 5.75 Å². The predicted octanol–water partition coefficient (Wildman–Crippen LogP) is 0.853. The van der Waals surface area contributed by atoms with Crippen LogP contribution in [0.25, 0.3) is 0 Å². The average molecular weight is 274 g/mol. The van der Waals surface area contributed by atoms with Crippen LogP contribution in [-0.2, 0) is 9.59 Å². The second kappa shape index (κ2) is 5.53. The molecule has 1 saturated heterocycles. The van der Waals surface area contributed by atoms with Gasteiger partial charge in [-0.3, -0.25) is 9.59 Å². The molecule has 20 heavy (non-hydrogen) atoms. The van der Waals surface area contributed by atoms with Crippen molar-refractivity contribution < 1.29 is 14.3 Å². The molecule has 5 nitrogen and oxygen atoms in total. The van der Waals surface area contributed by atoms with Crippen molar-refractivity contribution in [3.8, 4) is 5.75 Å². The first-order valence-electron chi connectivity index (χ1n) is 6.99. The zero-order chi connectivity index (χ0) is 13.9. The molecule has 2 heterocycles. The van der Waals surface area contributed by atoms with Crippen molar-refractivity contribution in [2.75, 3.05) is 32.8 Å². The smallest absolute Gasteiger partial charge is 0.230 e. The van der Waals surface area contributed by atoms with Gasteiger partial charge in [-0.2, -0.15) is 0 Å². The molecule has 2 amide bonds. The Morgan fingerprint density at radius 3 is 2.70 bits per heavy atom. The Bertz CT molecular complexity index is 510. The Kier molecular flexibility index (Phi) is 3.58. The number of para-hydroxylation sites is 1. The highest BCUT2D eigenvalue weighted by molar-refractivity contribution is 5.85.